The van der Waals surface area contributed by atoms with Crippen LogP contribution in [-0.4, -0.2) is 69.1 Å². The van der Waals surface area contributed by atoms with Gasteiger partial charge in [0.15, 0.2) is 5.78 Å². The van der Waals surface area contributed by atoms with E-state index in [0.29, 0.717) is 5.76 Å². The van der Waals surface area contributed by atoms with E-state index in [2.05, 4.69) is 63.9 Å². The molecule has 0 N–H and O–H groups in total. The number of esters is 1. The van der Waals surface area contributed by atoms with Gasteiger partial charge in [-0.3, -0.25) is 9.59 Å². The molecule has 2 saturated carbocycles. The van der Waals surface area contributed by atoms with Crippen LogP contribution in [0, 0.1) is 17.8 Å². The molecule has 3 rings (SSSR count). The van der Waals surface area contributed by atoms with E-state index in [0.717, 1.165) is 70.3 Å². The summed E-state index contributed by atoms with van der Waals surface area (Å²) in [4.78, 5) is 29.1. The van der Waals surface area contributed by atoms with Crippen LogP contribution in [0.25, 0.3) is 0 Å². The maximum absolute atomic E-state index is 14.0. The van der Waals surface area contributed by atoms with Gasteiger partial charge in [-0.05, 0) is 58.0 Å². The molecular formula is C28H45I2NO5. The lowest BCUT2D eigenvalue weighted by Gasteiger charge is -2.37. The number of halogens is 2. The summed E-state index contributed by atoms with van der Waals surface area (Å²) in [7, 11) is 0. The average molecular weight is 729 g/mol. The van der Waals surface area contributed by atoms with E-state index in [4.69, 9.17) is 14.2 Å². The fourth-order valence-electron chi connectivity index (χ4n) is 5.63. The molecule has 0 bridgehead atoms. The highest BCUT2D eigenvalue weighted by Crippen LogP contribution is 2.45. The van der Waals surface area contributed by atoms with Gasteiger partial charge in [-0.25, -0.2) is 0 Å². The molecule has 0 spiro atoms. The van der Waals surface area contributed by atoms with E-state index in [9.17, 15) is 9.59 Å². The van der Waals surface area contributed by atoms with Crippen LogP contribution in [-0.2, 0) is 23.8 Å². The van der Waals surface area contributed by atoms with E-state index in [1.807, 2.05) is 20.8 Å². The van der Waals surface area contributed by atoms with Crippen LogP contribution >= 0.6 is 45.2 Å². The normalized spacial score (nSPS) is 31.4. The Balaban J connectivity index is 1.69. The highest BCUT2D eigenvalue weighted by molar-refractivity contribution is 14.1. The van der Waals surface area contributed by atoms with Gasteiger partial charge in [-0.2, -0.15) is 0 Å². The van der Waals surface area contributed by atoms with Gasteiger partial charge >= 0.3 is 5.97 Å². The molecule has 5 atom stereocenters. The molecule has 0 aromatic heterocycles. The summed E-state index contributed by atoms with van der Waals surface area (Å²) in [5, 5.41) is 0. The van der Waals surface area contributed by atoms with Crippen LogP contribution in [0.5, 0.6) is 0 Å². The van der Waals surface area contributed by atoms with Crippen molar-refractivity contribution in [2.45, 2.75) is 106 Å². The summed E-state index contributed by atoms with van der Waals surface area (Å²) in [6, 6.07) is 0. The van der Waals surface area contributed by atoms with Crippen molar-refractivity contribution in [2.24, 2.45) is 17.8 Å². The van der Waals surface area contributed by atoms with Gasteiger partial charge in [-0.15, -0.1) is 0 Å². The van der Waals surface area contributed by atoms with Gasteiger partial charge in [-0.1, -0.05) is 79.3 Å². The zero-order valence-corrected chi connectivity index (χ0v) is 27.0. The fraction of sp³-hybridized carbons (Fsp3) is 0.857. The number of carbonyl (C=O) groups is 2. The molecule has 3 aliphatic rings. The van der Waals surface area contributed by atoms with E-state index in [1.54, 1.807) is 0 Å². The lowest BCUT2D eigenvalue weighted by molar-refractivity contribution is -0.150. The summed E-state index contributed by atoms with van der Waals surface area (Å²) in [5.74, 6) is 0.830. The van der Waals surface area contributed by atoms with Crippen molar-refractivity contribution in [2.75, 3.05) is 26.2 Å². The van der Waals surface area contributed by atoms with Gasteiger partial charge in [0.1, 0.15) is 24.4 Å². The standard InChI is InChI=1S/C28H45I2NO5/c1-6-31(7-2)12-13-34-28-21(29)14-19(15-22(28)30)27(33)26-20-10-8-9-11-23(20)36-24(26)16-25(32)35-18(5)17(3)4/h17-23,28H,6-16H2,1-5H3/t18-,19?,20?,21?,22?,23?,28?/m1/s1. The van der Waals surface area contributed by atoms with E-state index in [1.165, 1.54) is 0 Å². The van der Waals surface area contributed by atoms with Crippen LogP contribution in [0.1, 0.15) is 79.6 Å². The first-order chi connectivity index (χ1) is 17.2. The van der Waals surface area contributed by atoms with Crippen LogP contribution in [0.3, 0.4) is 0 Å². The lowest BCUT2D eigenvalue weighted by atomic mass is 9.75. The fourth-order valence-corrected chi connectivity index (χ4v) is 9.07. The summed E-state index contributed by atoms with van der Waals surface area (Å²) in [5.41, 5.74) is 0.798. The number of fused-ring (bicyclic) bond motifs is 1. The Morgan fingerprint density at radius 2 is 1.69 bits per heavy atom. The summed E-state index contributed by atoms with van der Waals surface area (Å²) < 4.78 is 18.8. The third kappa shape index (κ3) is 7.81. The van der Waals surface area contributed by atoms with E-state index < -0.39 is 0 Å². The molecule has 2 aliphatic carbocycles. The molecule has 0 aromatic carbocycles. The number of rotatable bonds is 12. The quantitative estimate of drug-likeness (QED) is 0.137. The molecule has 206 valence electrons. The molecular weight excluding hydrogens is 684 g/mol. The number of hydrogen-bond acceptors (Lipinski definition) is 6. The molecule has 6 nitrogen and oxygen atoms in total. The predicted octanol–water partition coefficient (Wildman–Crippen LogP) is 6.12. The topological polar surface area (TPSA) is 65.1 Å². The van der Waals surface area contributed by atoms with Crippen molar-refractivity contribution in [1.29, 1.82) is 0 Å². The van der Waals surface area contributed by atoms with Gasteiger partial charge in [0.25, 0.3) is 0 Å². The lowest BCUT2D eigenvalue weighted by Crippen LogP contribution is -2.44. The predicted molar refractivity (Wildman–Crippen MR) is 160 cm³/mol. The molecule has 36 heavy (non-hydrogen) atoms. The number of ether oxygens (including phenoxy) is 3. The first-order valence-electron chi connectivity index (χ1n) is 13.9. The number of nitrogens with zero attached hydrogens (tertiary/aromatic N) is 1. The molecule has 2 fully saturated rings. The molecule has 1 heterocycles. The zero-order valence-electron chi connectivity index (χ0n) is 22.6. The minimum atomic E-state index is -0.293. The van der Waals surface area contributed by atoms with Crippen molar-refractivity contribution in [3.8, 4) is 0 Å². The second-order valence-electron chi connectivity index (χ2n) is 10.9. The Morgan fingerprint density at radius 1 is 1.06 bits per heavy atom. The van der Waals surface area contributed by atoms with Crippen LogP contribution in [0.2, 0.25) is 0 Å². The highest BCUT2D eigenvalue weighted by Gasteiger charge is 2.46. The molecule has 8 heteroatoms. The summed E-state index contributed by atoms with van der Waals surface area (Å²) in [6.45, 7) is 14.1. The van der Waals surface area contributed by atoms with Crippen LogP contribution < -0.4 is 0 Å². The smallest absolute Gasteiger partial charge is 0.313 e. The number of likely N-dealkylation sites (N-methyl/N-ethyl adjacent to an activating group) is 1. The van der Waals surface area contributed by atoms with Crippen molar-refractivity contribution in [3.63, 3.8) is 0 Å². The molecule has 1 aliphatic heterocycles. The number of hydrogen-bond donors (Lipinski definition) is 0. The Bertz CT molecular complexity index is 772. The number of ketones is 1. The first-order valence-corrected chi connectivity index (χ1v) is 16.4. The molecule has 0 radical (unpaired) electrons. The number of Topliss-reactive ketones (excluding diaryl/α,β-unsaturated/α-hetero) is 1. The van der Waals surface area contributed by atoms with Crippen molar-refractivity contribution < 1.29 is 23.8 Å². The Labute approximate surface area is 245 Å². The minimum absolute atomic E-state index is 0.0357. The Morgan fingerprint density at radius 3 is 2.31 bits per heavy atom. The maximum Gasteiger partial charge on any atom is 0.313 e. The summed E-state index contributed by atoms with van der Waals surface area (Å²) >= 11 is 4.97. The second kappa shape index (κ2) is 14.4. The third-order valence-corrected chi connectivity index (χ3v) is 10.6. The third-order valence-electron chi connectivity index (χ3n) is 8.21. The van der Waals surface area contributed by atoms with Crippen molar-refractivity contribution >= 4 is 56.9 Å². The second-order valence-corrected chi connectivity index (χ2v) is 14.1. The van der Waals surface area contributed by atoms with Crippen molar-refractivity contribution in [3.05, 3.63) is 11.3 Å². The Hall–Kier alpha value is 0.0600. The van der Waals surface area contributed by atoms with Crippen LogP contribution in [0.4, 0.5) is 0 Å². The molecule has 0 saturated heterocycles. The van der Waals surface area contributed by atoms with E-state index >= 15 is 0 Å². The minimum Gasteiger partial charge on any atom is -0.493 e. The van der Waals surface area contributed by atoms with Crippen molar-refractivity contribution in [1.82, 2.24) is 4.90 Å². The maximum atomic E-state index is 14.0. The largest absolute Gasteiger partial charge is 0.493 e. The highest BCUT2D eigenvalue weighted by atomic mass is 127. The summed E-state index contributed by atoms with van der Waals surface area (Å²) in [6.07, 6.45) is 5.90. The van der Waals surface area contributed by atoms with E-state index in [-0.39, 0.29) is 62.1 Å². The van der Waals surface area contributed by atoms with Gasteiger partial charge in [0.05, 0.1) is 12.7 Å². The molecule has 0 aromatic rings. The number of alkyl halides is 2. The molecule has 0 amide bonds. The number of carbonyl (C=O) groups excluding carboxylic acids is 2. The van der Waals surface area contributed by atoms with Gasteiger partial charge < -0.3 is 19.1 Å². The van der Waals surface area contributed by atoms with Gasteiger partial charge in [0.2, 0.25) is 0 Å². The van der Waals surface area contributed by atoms with Crippen LogP contribution in [0.15, 0.2) is 11.3 Å². The zero-order chi connectivity index (χ0) is 26.4. The Kier molecular flexibility index (Phi) is 12.3. The van der Waals surface area contributed by atoms with Gasteiger partial charge in [0, 0.05) is 31.8 Å². The monoisotopic (exact) mass is 729 g/mol. The SMILES string of the molecule is CCN(CC)CCOC1C(I)CC(C(=O)C2=C(CC(=O)O[C@H](C)C(C)C)OC3CCCCC23)CC1I. The molecule has 4 unspecified atom stereocenters. The first kappa shape index (κ1) is 30.6. The average Bonchev–Trinajstić information content (AvgIpc) is 3.20.